The first-order valence-corrected chi connectivity index (χ1v) is 8.23. The van der Waals surface area contributed by atoms with E-state index < -0.39 is 0 Å². The van der Waals surface area contributed by atoms with E-state index in [-0.39, 0.29) is 11.9 Å². The Morgan fingerprint density at radius 1 is 1.45 bits per heavy atom. The van der Waals surface area contributed by atoms with Crippen molar-refractivity contribution < 1.29 is 9.53 Å². The van der Waals surface area contributed by atoms with Gasteiger partial charge in [-0.1, -0.05) is 11.6 Å². The Bertz CT molecular complexity index is 557. The van der Waals surface area contributed by atoms with Crippen LogP contribution in [-0.4, -0.2) is 40.8 Å². The van der Waals surface area contributed by atoms with E-state index in [1.165, 1.54) is 18.4 Å². The lowest BCUT2D eigenvalue weighted by molar-refractivity contribution is -0.139. The molecule has 1 saturated heterocycles. The molecule has 5 heteroatoms. The summed E-state index contributed by atoms with van der Waals surface area (Å²) in [6.07, 6.45) is 7.48. The number of hydrogen-bond acceptors (Lipinski definition) is 3. The lowest BCUT2D eigenvalue weighted by atomic mass is 9.96. The molecular weight excluding hydrogens is 278 g/mol. The summed E-state index contributed by atoms with van der Waals surface area (Å²) < 4.78 is 5.64. The number of ether oxygens (including phenoxy) is 1. The number of allylic oxidation sites excluding steroid dienone is 1. The number of carbonyl (C=O) groups excluding carboxylic acids is 1. The number of aryl methyl sites for hydroxylation is 2. The Morgan fingerprint density at radius 2 is 2.32 bits per heavy atom. The van der Waals surface area contributed by atoms with Crippen molar-refractivity contribution in [3.63, 3.8) is 0 Å². The van der Waals surface area contributed by atoms with Gasteiger partial charge >= 0.3 is 0 Å². The molecule has 0 radical (unpaired) electrons. The fourth-order valence-electron chi connectivity index (χ4n) is 3.55. The third-order valence-electron chi connectivity index (χ3n) is 4.73. The van der Waals surface area contributed by atoms with Crippen LogP contribution in [0.4, 0.5) is 0 Å². The van der Waals surface area contributed by atoms with Crippen LogP contribution in [0.1, 0.15) is 55.1 Å². The van der Waals surface area contributed by atoms with Gasteiger partial charge in [0.05, 0.1) is 24.9 Å². The van der Waals surface area contributed by atoms with Gasteiger partial charge in [-0.25, -0.2) is 0 Å². The van der Waals surface area contributed by atoms with Crippen LogP contribution in [0.25, 0.3) is 0 Å². The molecule has 1 amide bonds. The second kappa shape index (κ2) is 6.65. The van der Waals surface area contributed by atoms with Crippen LogP contribution < -0.4 is 0 Å². The topological polar surface area (TPSA) is 58.2 Å². The number of H-pyrrole nitrogens is 1. The maximum absolute atomic E-state index is 12.8. The maximum Gasteiger partial charge on any atom is 0.227 e. The predicted molar refractivity (Wildman–Crippen MR) is 84.5 cm³/mol. The predicted octanol–water partition coefficient (Wildman–Crippen LogP) is 2.82. The summed E-state index contributed by atoms with van der Waals surface area (Å²) in [5.41, 5.74) is 4.41. The zero-order valence-corrected chi connectivity index (χ0v) is 13.5. The van der Waals surface area contributed by atoms with Crippen molar-refractivity contribution in [2.75, 3.05) is 19.8 Å². The number of hydrogen-bond donors (Lipinski definition) is 1. The number of morpholine rings is 1. The minimum atomic E-state index is -0.0100. The van der Waals surface area contributed by atoms with E-state index in [1.54, 1.807) is 0 Å². The van der Waals surface area contributed by atoms with Crippen molar-refractivity contribution in [1.82, 2.24) is 15.1 Å². The monoisotopic (exact) mass is 303 g/mol. The van der Waals surface area contributed by atoms with Crippen LogP contribution in [0, 0.1) is 13.8 Å². The highest BCUT2D eigenvalue weighted by molar-refractivity contribution is 5.79. The second-order valence-corrected chi connectivity index (χ2v) is 6.31. The number of aromatic nitrogens is 2. The van der Waals surface area contributed by atoms with E-state index in [4.69, 9.17) is 4.74 Å². The molecule has 0 saturated carbocycles. The summed E-state index contributed by atoms with van der Waals surface area (Å²) in [6.45, 7) is 5.85. The van der Waals surface area contributed by atoms with E-state index in [1.807, 2.05) is 18.7 Å². The Labute approximate surface area is 131 Å². The highest BCUT2D eigenvalue weighted by Crippen LogP contribution is 2.30. The van der Waals surface area contributed by atoms with E-state index in [0.29, 0.717) is 26.2 Å². The summed E-state index contributed by atoms with van der Waals surface area (Å²) in [5.74, 6) is 0.224. The van der Waals surface area contributed by atoms with Gasteiger partial charge in [0.15, 0.2) is 0 Å². The third-order valence-corrected chi connectivity index (χ3v) is 4.73. The van der Waals surface area contributed by atoms with Gasteiger partial charge in [0.25, 0.3) is 0 Å². The molecule has 1 aliphatic carbocycles. The van der Waals surface area contributed by atoms with Crippen molar-refractivity contribution in [3.8, 4) is 0 Å². The minimum Gasteiger partial charge on any atom is -0.377 e. The van der Waals surface area contributed by atoms with Crippen LogP contribution in [0.2, 0.25) is 0 Å². The SMILES string of the molecule is Cc1n[nH]c(C)c1[C@H]1COCCN1C(=O)CC1=CCCCC1. The first-order valence-electron chi connectivity index (χ1n) is 8.23. The van der Waals surface area contributed by atoms with E-state index >= 15 is 0 Å². The molecule has 1 N–H and O–H groups in total. The molecule has 1 atom stereocenters. The van der Waals surface area contributed by atoms with Gasteiger partial charge in [0.2, 0.25) is 5.91 Å². The molecule has 2 aliphatic rings. The Kier molecular flexibility index (Phi) is 4.62. The molecule has 0 aromatic carbocycles. The fourth-order valence-corrected chi connectivity index (χ4v) is 3.55. The summed E-state index contributed by atoms with van der Waals surface area (Å²) in [7, 11) is 0. The zero-order valence-electron chi connectivity index (χ0n) is 13.5. The number of rotatable bonds is 3. The summed E-state index contributed by atoms with van der Waals surface area (Å²) in [6, 6.07) is -0.0100. The summed E-state index contributed by atoms with van der Waals surface area (Å²) >= 11 is 0. The largest absolute Gasteiger partial charge is 0.377 e. The molecule has 5 nitrogen and oxygen atoms in total. The average Bonchev–Trinajstić information content (AvgIpc) is 2.87. The third kappa shape index (κ3) is 3.09. The van der Waals surface area contributed by atoms with Crippen LogP contribution >= 0.6 is 0 Å². The number of nitrogens with one attached hydrogen (secondary N) is 1. The quantitative estimate of drug-likeness (QED) is 0.874. The molecular formula is C17H25N3O2. The van der Waals surface area contributed by atoms with Gasteiger partial charge < -0.3 is 9.64 Å². The average molecular weight is 303 g/mol. The zero-order chi connectivity index (χ0) is 15.5. The fraction of sp³-hybridized carbons (Fsp3) is 0.647. The number of carbonyl (C=O) groups is 1. The van der Waals surface area contributed by atoms with Crippen LogP contribution in [-0.2, 0) is 9.53 Å². The van der Waals surface area contributed by atoms with Crippen LogP contribution in [0.15, 0.2) is 11.6 Å². The molecule has 1 aromatic heterocycles. The highest BCUT2D eigenvalue weighted by Gasteiger charge is 2.32. The first-order chi connectivity index (χ1) is 10.7. The Morgan fingerprint density at radius 3 is 3.00 bits per heavy atom. The first kappa shape index (κ1) is 15.3. The molecule has 120 valence electrons. The van der Waals surface area contributed by atoms with Crippen molar-refractivity contribution in [3.05, 3.63) is 28.6 Å². The van der Waals surface area contributed by atoms with Crippen LogP contribution in [0.5, 0.6) is 0 Å². The van der Waals surface area contributed by atoms with E-state index in [0.717, 1.165) is 29.8 Å². The molecule has 0 unspecified atom stereocenters. The normalized spacial score (nSPS) is 22.5. The van der Waals surface area contributed by atoms with E-state index in [9.17, 15) is 4.79 Å². The van der Waals surface area contributed by atoms with Crippen molar-refractivity contribution in [2.24, 2.45) is 0 Å². The molecule has 22 heavy (non-hydrogen) atoms. The highest BCUT2D eigenvalue weighted by atomic mass is 16.5. The lowest BCUT2D eigenvalue weighted by Gasteiger charge is -2.36. The van der Waals surface area contributed by atoms with Crippen molar-refractivity contribution in [1.29, 1.82) is 0 Å². The Balaban J connectivity index is 1.77. The molecule has 1 aromatic rings. The van der Waals surface area contributed by atoms with Gasteiger partial charge in [-0.15, -0.1) is 0 Å². The number of aromatic amines is 1. The van der Waals surface area contributed by atoms with Gasteiger partial charge in [0.1, 0.15) is 0 Å². The minimum absolute atomic E-state index is 0.0100. The van der Waals surface area contributed by atoms with Gasteiger partial charge in [-0.2, -0.15) is 5.10 Å². The van der Waals surface area contributed by atoms with Gasteiger partial charge in [-0.3, -0.25) is 9.89 Å². The summed E-state index contributed by atoms with van der Waals surface area (Å²) in [5, 5.41) is 7.29. The van der Waals surface area contributed by atoms with Crippen molar-refractivity contribution >= 4 is 5.91 Å². The summed E-state index contributed by atoms with van der Waals surface area (Å²) in [4.78, 5) is 14.8. The van der Waals surface area contributed by atoms with Gasteiger partial charge in [0, 0.05) is 24.2 Å². The second-order valence-electron chi connectivity index (χ2n) is 6.31. The number of nitrogens with zero attached hydrogens (tertiary/aromatic N) is 2. The lowest BCUT2D eigenvalue weighted by Crippen LogP contribution is -2.43. The smallest absolute Gasteiger partial charge is 0.227 e. The molecule has 3 rings (SSSR count). The van der Waals surface area contributed by atoms with Gasteiger partial charge in [-0.05, 0) is 39.5 Å². The maximum atomic E-state index is 12.8. The Hall–Kier alpha value is -1.62. The molecule has 1 fully saturated rings. The standard InChI is InChI=1S/C17H25N3O2/c1-12-17(13(2)19-18-12)15-11-22-9-8-20(15)16(21)10-14-6-4-3-5-7-14/h6,15H,3-5,7-11H2,1-2H3,(H,18,19)/t15-/m1/s1. The molecule has 2 heterocycles. The van der Waals surface area contributed by atoms with E-state index in [2.05, 4.69) is 16.3 Å². The van der Waals surface area contributed by atoms with Crippen molar-refractivity contribution in [2.45, 2.75) is 52.0 Å². The number of amides is 1. The molecule has 1 aliphatic heterocycles. The molecule has 0 bridgehead atoms. The molecule has 0 spiro atoms. The van der Waals surface area contributed by atoms with Crippen LogP contribution in [0.3, 0.4) is 0 Å².